The van der Waals surface area contributed by atoms with Gasteiger partial charge < -0.3 is 4.90 Å². The van der Waals surface area contributed by atoms with Gasteiger partial charge in [0.05, 0.1) is 16.8 Å². The van der Waals surface area contributed by atoms with Crippen molar-refractivity contribution in [2.45, 2.75) is 12.8 Å². The maximum atomic E-state index is 13.2. The van der Waals surface area contributed by atoms with E-state index in [0.717, 1.165) is 53.7 Å². The highest BCUT2D eigenvalue weighted by atomic mass is 16.2. The van der Waals surface area contributed by atoms with Crippen molar-refractivity contribution in [1.82, 2.24) is 9.88 Å². The molecule has 0 aliphatic carbocycles. The van der Waals surface area contributed by atoms with E-state index in [1.807, 2.05) is 65.6 Å². The molecular formula is C22H20N2O. The molecule has 4 rings (SSSR count). The second-order valence-electron chi connectivity index (χ2n) is 6.48. The predicted molar refractivity (Wildman–Crippen MR) is 101 cm³/mol. The van der Waals surface area contributed by atoms with Crippen LogP contribution in [0.25, 0.3) is 22.2 Å². The van der Waals surface area contributed by atoms with Gasteiger partial charge in [-0.15, -0.1) is 0 Å². The molecule has 1 aliphatic rings. The number of carbonyl (C=O) groups excluding carboxylic acids is 1. The third-order valence-corrected chi connectivity index (χ3v) is 4.77. The van der Waals surface area contributed by atoms with E-state index in [0.29, 0.717) is 0 Å². The fraction of sp³-hybridized carbons (Fsp3) is 0.182. The van der Waals surface area contributed by atoms with Gasteiger partial charge in [-0.2, -0.15) is 0 Å². The van der Waals surface area contributed by atoms with Crippen LogP contribution in [0.5, 0.6) is 0 Å². The zero-order valence-corrected chi connectivity index (χ0v) is 14.1. The van der Waals surface area contributed by atoms with Crippen LogP contribution < -0.4 is 0 Å². The molecule has 124 valence electrons. The van der Waals surface area contributed by atoms with Crippen molar-refractivity contribution in [2.75, 3.05) is 13.1 Å². The SMILES string of the molecule is C=C1CCN(C(=O)c2cc(-c3ccccc3)nc3ccccc23)CC1. The molecule has 2 heterocycles. The Balaban J connectivity index is 1.81. The Kier molecular flexibility index (Phi) is 4.06. The first-order chi connectivity index (χ1) is 12.2. The number of fused-ring (bicyclic) bond motifs is 1. The molecule has 2 aromatic carbocycles. The summed E-state index contributed by atoms with van der Waals surface area (Å²) >= 11 is 0. The van der Waals surface area contributed by atoms with Gasteiger partial charge in [0, 0.05) is 24.0 Å². The van der Waals surface area contributed by atoms with Crippen LogP contribution in [0.4, 0.5) is 0 Å². The number of piperidine rings is 1. The summed E-state index contributed by atoms with van der Waals surface area (Å²) in [5.74, 6) is 0.0864. The first-order valence-electron chi connectivity index (χ1n) is 8.63. The number of benzene rings is 2. The molecule has 1 aromatic heterocycles. The lowest BCUT2D eigenvalue weighted by Crippen LogP contribution is -2.36. The predicted octanol–water partition coefficient (Wildman–Crippen LogP) is 4.69. The number of hydrogen-bond donors (Lipinski definition) is 0. The first-order valence-corrected chi connectivity index (χ1v) is 8.63. The maximum absolute atomic E-state index is 13.2. The minimum atomic E-state index is 0.0864. The molecule has 25 heavy (non-hydrogen) atoms. The summed E-state index contributed by atoms with van der Waals surface area (Å²) in [6, 6.07) is 19.8. The number of aromatic nitrogens is 1. The number of nitrogens with zero attached hydrogens (tertiary/aromatic N) is 2. The number of pyridine rings is 1. The number of carbonyl (C=O) groups is 1. The first kappa shape index (κ1) is 15.6. The molecule has 3 heteroatoms. The van der Waals surface area contributed by atoms with Crippen molar-refractivity contribution in [3.63, 3.8) is 0 Å². The van der Waals surface area contributed by atoms with Crippen molar-refractivity contribution in [1.29, 1.82) is 0 Å². The Morgan fingerprint density at radius 1 is 0.960 bits per heavy atom. The number of hydrogen-bond acceptors (Lipinski definition) is 2. The van der Waals surface area contributed by atoms with Gasteiger partial charge in [0.1, 0.15) is 0 Å². The molecule has 3 nitrogen and oxygen atoms in total. The van der Waals surface area contributed by atoms with Crippen LogP contribution in [0.2, 0.25) is 0 Å². The quantitative estimate of drug-likeness (QED) is 0.639. The van der Waals surface area contributed by atoms with Crippen molar-refractivity contribution in [3.05, 3.63) is 78.4 Å². The molecule has 1 aliphatic heterocycles. The average Bonchev–Trinajstić information content (AvgIpc) is 2.68. The summed E-state index contributed by atoms with van der Waals surface area (Å²) in [6.45, 7) is 5.53. The molecule has 0 saturated carbocycles. The van der Waals surface area contributed by atoms with Crippen LogP contribution in [0.3, 0.4) is 0 Å². The van der Waals surface area contributed by atoms with Crippen LogP contribution >= 0.6 is 0 Å². The molecule has 0 spiro atoms. The highest BCUT2D eigenvalue weighted by molar-refractivity contribution is 6.07. The van der Waals surface area contributed by atoms with E-state index in [-0.39, 0.29) is 5.91 Å². The van der Waals surface area contributed by atoms with Gasteiger partial charge in [-0.1, -0.05) is 60.7 Å². The molecule has 1 amide bonds. The van der Waals surface area contributed by atoms with Crippen molar-refractivity contribution < 1.29 is 4.79 Å². The standard InChI is InChI=1S/C22H20N2O/c1-16-11-13-24(14-12-16)22(25)19-15-21(17-7-3-2-4-8-17)23-20-10-6-5-9-18(19)20/h2-10,15H,1,11-14H2. The molecule has 3 aromatic rings. The summed E-state index contributed by atoms with van der Waals surface area (Å²) in [4.78, 5) is 19.9. The molecule has 0 atom stereocenters. The third-order valence-electron chi connectivity index (χ3n) is 4.77. The van der Waals surface area contributed by atoms with Crippen LogP contribution in [-0.4, -0.2) is 28.9 Å². The van der Waals surface area contributed by atoms with E-state index in [9.17, 15) is 4.79 Å². The lowest BCUT2D eigenvalue weighted by molar-refractivity contribution is 0.0746. The van der Waals surface area contributed by atoms with Crippen molar-refractivity contribution in [2.24, 2.45) is 0 Å². The highest BCUT2D eigenvalue weighted by Crippen LogP contribution is 2.27. The molecule has 0 N–H and O–H groups in total. The fourth-order valence-electron chi connectivity index (χ4n) is 3.31. The normalized spacial score (nSPS) is 14.7. The molecule has 0 bridgehead atoms. The van der Waals surface area contributed by atoms with Crippen LogP contribution in [0.1, 0.15) is 23.2 Å². The summed E-state index contributed by atoms with van der Waals surface area (Å²) in [7, 11) is 0. The topological polar surface area (TPSA) is 33.2 Å². The Labute approximate surface area is 147 Å². The Morgan fingerprint density at radius 3 is 2.40 bits per heavy atom. The largest absolute Gasteiger partial charge is 0.338 e. The summed E-state index contributed by atoms with van der Waals surface area (Å²) in [6.07, 6.45) is 1.78. The summed E-state index contributed by atoms with van der Waals surface area (Å²) < 4.78 is 0. The number of para-hydroxylation sites is 1. The molecule has 1 fully saturated rings. The van der Waals surface area contributed by atoms with Gasteiger partial charge in [0.15, 0.2) is 0 Å². The fourth-order valence-corrected chi connectivity index (χ4v) is 3.31. The number of amides is 1. The monoisotopic (exact) mass is 328 g/mol. The third kappa shape index (κ3) is 3.05. The molecular weight excluding hydrogens is 308 g/mol. The zero-order valence-electron chi connectivity index (χ0n) is 14.1. The van der Waals surface area contributed by atoms with E-state index in [1.165, 1.54) is 5.57 Å². The van der Waals surface area contributed by atoms with Crippen LogP contribution in [0, 0.1) is 0 Å². The van der Waals surface area contributed by atoms with Gasteiger partial charge in [0.25, 0.3) is 5.91 Å². The van der Waals surface area contributed by atoms with E-state index in [1.54, 1.807) is 0 Å². The summed E-state index contributed by atoms with van der Waals surface area (Å²) in [5.41, 5.74) is 4.68. The minimum Gasteiger partial charge on any atom is -0.338 e. The zero-order chi connectivity index (χ0) is 17.2. The average molecular weight is 328 g/mol. The van der Waals surface area contributed by atoms with Crippen LogP contribution in [0.15, 0.2) is 72.8 Å². The number of likely N-dealkylation sites (tertiary alicyclic amines) is 1. The minimum absolute atomic E-state index is 0.0864. The van der Waals surface area contributed by atoms with Gasteiger partial charge in [0.2, 0.25) is 0 Å². The molecule has 0 unspecified atom stereocenters. The molecule has 0 radical (unpaired) electrons. The highest BCUT2D eigenvalue weighted by Gasteiger charge is 2.22. The van der Waals surface area contributed by atoms with Gasteiger partial charge in [-0.05, 0) is 25.0 Å². The smallest absolute Gasteiger partial charge is 0.254 e. The Hall–Kier alpha value is -2.94. The van der Waals surface area contributed by atoms with E-state index >= 15 is 0 Å². The second kappa shape index (κ2) is 6.52. The van der Waals surface area contributed by atoms with Crippen molar-refractivity contribution >= 4 is 16.8 Å². The van der Waals surface area contributed by atoms with Gasteiger partial charge in [-0.3, -0.25) is 4.79 Å². The van der Waals surface area contributed by atoms with Gasteiger partial charge in [-0.25, -0.2) is 4.98 Å². The van der Waals surface area contributed by atoms with E-state index in [2.05, 4.69) is 6.58 Å². The second-order valence-corrected chi connectivity index (χ2v) is 6.48. The van der Waals surface area contributed by atoms with E-state index in [4.69, 9.17) is 4.98 Å². The Bertz CT molecular complexity index is 937. The van der Waals surface area contributed by atoms with Crippen molar-refractivity contribution in [3.8, 4) is 11.3 Å². The lowest BCUT2D eigenvalue weighted by Gasteiger charge is -2.28. The van der Waals surface area contributed by atoms with Gasteiger partial charge >= 0.3 is 0 Å². The Morgan fingerprint density at radius 2 is 1.64 bits per heavy atom. The number of rotatable bonds is 2. The molecule has 1 saturated heterocycles. The van der Waals surface area contributed by atoms with E-state index < -0.39 is 0 Å². The van der Waals surface area contributed by atoms with Crippen LogP contribution in [-0.2, 0) is 0 Å². The summed E-state index contributed by atoms with van der Waals surface area (Å²) in [5, 5.41) is 0.914. The maximum Gasteiger partial charge on any atom is 0.254 e. The lowest BCUT2D eigenvalue weighted by atomic mass is 10.0.